The Balaban J connectivity index is 0.00000198. The van der Waals surface area contributed by atoms with Gasteiger partial charge >= 0.3 is 0 Å². The van der Waals surface area contributed by atoms with Crippen molar-refractivity contribution in [3.8, 4) is 11.3 Å². The molecule has 10 heteroatoms. The lowest BCUT2D eigenvalue weighted by molar-refractivity contribution is 0.122. The summed E-state index contributed by atoms with van der Waals surface area (Å²) in [5, 5.41) is 6.22. The second-order valence-corrected chi connectivity index (χ2v) is 10.7. The van der Waals surface area contributed by atoms with Gasteiger partial charge in [0.05, 0.1) is 18.9 Å². The standard InChI is InChI=1S/C30H40N8O2.C2H6/c1-23-5-6-25(19-26(23)22-36(2)12-9-32-35-39)29-7-8-31-30(34-29)33-27-17-24(21-37-10-3-4-11-37)18-28(20-27)38-13-15-40-16-14-38;1-2/h5-8,17-20H,3-4,9-16,21-22H2,1-2H3,(H,32,39)(H,31,33,34);1-2H3. The van der Waals surface area contributed by atoms with Crippen LogP contribution in [-0.4, -0.2) is 79.3 Å². The van der Waals surface area contributed by atoms with Crippen LogP contribution in [0.4, 0.5) is 17.3 Å². The maximum atomic E-state index is 10.3. The Morgan fingerprint density at radius 1 is 1.02 bits per heavy atom. The van der Waals surface area contributed by atoms with Crippen LogP contribution in [0.25, 0.3) is 11.3 Å². The number of nitroso groups, excluding NO2 is 1. The van der Waals surface area contributed by atoms with Crippen LogP contribution < -0.4 is 15.6 Å². The molecule has 2 aliphatic rings. The number of hydrogen-bond acceptors (Lipinski definition) is 9. The van der Waals surface area contributed by atoms with Crippen LogP contribution in [0.15, 0.2) is 53.9 Å². The summed E-state index contributed by atoms with van der Waals surface area (Å²) in [6, 6.07) is 15.1. The summed E-state index contributed by atoms with van der Waals surface area (Å²) >= 11 is 0. The van der Waals surface area contributed by atoms with Crippen molar-refractivity contribution in [3.63, 3.8) is 0 Å². The van der Waals surface area contributed by atoms with Gasteiger partial charge in [-0.2, -0.15) is 0 Å². The first-order valence-electron chi connectivity index (χ1n) is 15.2. The summed E-state index contributed by atoms with van der Waals surface area (Å²) < 4.78 is 5.59. The SMILES string of the molecule is CC.Cc1ccc(-c2ccnc(Nc3cc(CN4CCCC4)cc(N4CCOCC4)c3)n2)cc1CN(C)CCNN=O. The van der Waals surface area contributed by atoms with Gasteiger partial charge in [-0.1, -0.05) is 26.0 Å². The summed E-state index contributed by atoms with van der Waals surface area (Å²) in [6.45, 7) is 14.7. The van der Waals surface area contributed by atoms with E-state index in [9.17, 15) is 4.91 Å². The number of morpholine rings is 1. The molecular formula is C32H46N8O2. The maximum absolute atomic E-state index is 10.3. The van der Waals surface area contributed by atoms with Crippen molar-refractivity contribution in [2.45, 2.75) is 46.7 Å². The van der Waals surface area contributed by atoms with Crippen LogP contribution in [0.1, 0.15) is 43.4 Å². The summed E-state index contributed by atoms with van der Waals surface area (Å²) in [7, 11) is 2.04. The number of likely N-dealkylation sites (N-methyl/N-ethyl adjacent to an activating group) is 1. The number of aromatic nitrogens is 2. The molecule has 5 rings (SSSR count). The Kier molecular flexibility index (Phi) is 12.0. The Labute approximate surface area is 250 Å². The zero-order valence-electron chi connectivity index (χ0n) is 25.6. The first-order valence-corrected chi connectivity index (χ1v) is 15.2. The van der Waals surface area contributed by atoms with Gasteiger partial charge in [0.1, 0.15) is 0 Å². The zero-order chi connectivity index (χ0) is 29.7. The molecule has 2 aromatic carbocycles. The van der Waals surface area contributed by atoms with Gasteiger partial charge < -0.3 is 19.9 Å². The summed E-state index contributed by atoms with van der Waals surface area (Å²) in [4.78, 5) is 26.8. The number of nitrogens with one attached hydrogen (secondary N) is 2. The Morgan fingerprint density at radius 3 is 2.57 bits per heavy atom. The van der Waals surface area contributed by atoms with E-state index in [0.717, 1.165) is 76.0 Å². The molecule has 0 saturated carbocycles. The molecule has 2 aliphatic heterocycles. The van der Waals surface area contributed by atoms with E-state index < -0.39 is 0 Å². The lowest BCUT2D eigenvalue weighted by atomic mass is 10.0. The Hall–Kier alpha value is -3.60. The highest BCUT2D eigenvalue weighted by Gasteiger charge is 2.17. The molecule has 0 aliphatic carbocycles. The molecule has 0 atom stereocenters. The van der Waals surface area contributed by atoms with Crippen molar-refractivity contribution >= 4 is 17.3 Å². The van der Waals surface area contributed by atoms with Gasteiger partial charge in [-0.05, 0) is 86.9 Å². The van der Waals surface area contributed by atoms with Crippen LogP contribution in [0.2, 0.25) is 0 Å². The van der Waals surface area contributed by atoms with Crippen LogP contribution in [0.5, 0.6) is 0 Å². The molecule has 3 heterocycles. The Morgan fingerprint density at radius 2 is 1.81 bits per heavy atom. The number of ether oxygens (including phenoxy) is 1. The molecule has 0 bridgehead atoms. The largest absolute Gasteiger partial charge is 0.378 e. The zero-order valence-corrected chi connectivity index (χ0v) is 25.6. The van der Waals surface area contributed by atoms with Gasteiger partial charge in [-0.3, -0.25) is 10.3 Å². The predicted octanol–water partition coefficient (Wildman–Crippen LogP) is 5.36. The molecule has 1 aromatic heterocycles. The number of nitrogens with zero attached hydrogens (tertiary/aromatic N) is 6. The average molecular weight is 575 g/mol. The fourth-order valence-corrected chi connectivity index (χ4v) is 5.41. The van der Waals surface area contributed by atoms with Gasteiger partial charge in [0.2, 0.25) is 5.95 Å². The van der Waals surface area contributed by atoms with Gasteiger partial charge in [0.15, 0.2) is 0 Å². The molecule has 0 spiro atoms. The van der Waals surface area contributed by atoms with Gasteiger partial charge in [-0.25, -0.2) is 9.97 Å². The fraction of sp³-hybridized carbons (Fsp3) is 0.500. The highest BCUT2D eigenvalue weighted by atomic mass is 16.5. The minimum absolute atomic E-state index is 0.520. The van der Waals surface area contributed by atoms with E-state index in [4.69, 9.17) is 9.72 Å². The van der Waals surface area contributed by atoms with Crippen molar-refractivity contribution in [3.05, 3.63) is 70.3 Å². The molecule has 0 unspecified atom stereocenters. The van der Waals surface area contributed by atoms with E-state index in [1.165, 1.54) is 35.2 Å². The summed E-state index contributed by atoms with van der Waals surface area (Å²) in [5.74, 6) is 0.579. The average Bonchev–Trinajstić information content (AvgIpc) is 3.53. The van der Waals surface area contributed by atoms with Crippen LogP contribution in [0.3, 0.4) is 0 Å². The molecule has 2 saturated heterocycles. The molecular weight excluding hydrogens is 528 g/mol. The number of hydrogen-bond donors (Lipinski definition) is 2. The number of rotatable bonds is 12. The van der Waals surface area contributed by atoms with E-state index in [2.05, 4.69) is 79.0 Å². The molecule has 42 heavy (non-hydrogen) atoms. The first-order chi connectivity index (χ1) is 20.6. The minimum atomic E-state index is 0.520. The fourth-order valence-electron chi connectivity index (χ4n) is 5.41. The second kappa shape index (κ2) is 16.1. The third-order valence-electron chi connectivity index (χ3n) is 7.63. The number of anilines is 3. The third kappa shape index (κ3) is 8.95. The van der Waals surface area contributed by atoms with Crippen molar-refractivity contribution in [1.82, 2.24) is 25.2 Å². The van der Waals surface area contributed by atoms with E-state index in [1.807, 2.05) is 33.2 Å². The number of likely N-dealkylation sites (tertiary alicyclic amines) is 1. The molecule has 0 amide bonds. The normalized spacial score (nSPS) is 15.3. The quantitative estimate of drug-likeness (QED) is 0.168. The lowest BCUT2D eigenvalue weighted by Crippen LogP contribution is -2.36. The van der Waals surface area contributed by atoms with E-state index >= 15 is 0 Å². The van der Waals surface area contributed by atoms with Crippen LogP contribution >= 0.6 is 0 Å². The molecule has 10 nitrogen and oxygen atoms in total. The maximum Gasteiger partial charge on any atom is 0.227 e. The van der Waals surface area contributed by atoms with E-state index in [0.29, 0.717) is 12.5 Å². The topological polar surface area (TPSA) is 98.2 Å². The molecule has 226 valence electrons. The highest BCUT2D eigenvalue weighted by molar-refractivity contribution is 5.66. The van der Waals surface area contributed by atoms with Crippen molar-refractivity contribution in [2.75, 3.05) is 69.7 Å². The second-order valence-electron chi connectivity index (χ2n) is 10.7. The highest BCUT2D eigenvalue weighted by Crippen LogP contribution is 2.28. The van der Waals surface area contributed by atoms with Gasteiger partial charge in [-0.15, -0.1) is 4.91 Å². The van der Waals surface area contributed by atoms with Crippen molar-refractivity contribution in [2.24, 2.45) is 5.29 Å². The van der Waals surface area contributed by atoms with Crippen LogP contribution in [0, 0.1) is 11.8 Å². The minimum Gasteiger partial charge on any atom is -0.378 e. The monoisotopic (exact) mass is 574 g/mol. The van der Waals surface area contributed by atoms with E-state index in [1.54, 1.807) is 0 Å². The number of benzene rings is 2. The van der Waals surface area contributed by atoms with Crippen LogP contribution in [-0.2, 0) is 17.8 Å². The molecule has 3 aromatic rings. The first kappa shape index (κ1) is 31.3. The van der Waals surface area contributed by atoms with Crippen molar-refractivity contribution < 1.29 is 4.74 Å². The number of aryl methyl sites for hydroxylation is 1. The molecule has 2 N–H and O–H groups in total. The third-order valence-corrected chi connectivity index (χ3v) is 7.63. The Bertz CT molecular complexity index is 1280. The molecule has 0 radical (unpaired) electrons. The lowest BCUT2D eigenvalue weighted by Gasteiger charge is -2.30. The molecule has 2 fully saturated rings. The van der Waals surface area contributed by atoms with Gasteiger partial charge in [0, 0.05) is 67.7 Å². The summed E-state index contributed by atoms with van der Waals surface area (Å²) in [5.41, 5.74) is 10.3. The summed E-state index contributed by atoms with van der Waals surface area (Å²) in [6.07, 6.45) is 4.37. The van der Waals surface area contributed by atoms with Gasteiger partial charge in [0.25, 0.3) is 0 Å². The van der Waals surface area contributed by atoms with Crippen molar-refractivity contribution in [1.29, 1.82) is 0 Å². The van der Waals surface area contributed by atoms with E-state index in [-0.39, 0.29) is 0 Å². The predicted molar refractivity (Wildman–Crippen MR) is 171 cm³/mol. The smallest absolute Gasteiger partial charge is 0.227 e.